The summed E-state index contributed by atoms with van der Waals surface area (Å²) >= 11 is 0. The van der Waals surface area contributed by atoms with E-state index in [1.807, 2.05) is 18.2 Å². The first-order chi connectivity index (χ1) is 10.3. The maximum absolute atomic E-state index is 5.15. The fraction of sp³-hybridized carbons (Fsp3) is 0.375. The molecule has 0 atom stereocenters. The molecule has 2 aromatic rings. The number of nitrogens with one attached hydrogen (secondary N) is 2. The van der Waals surface area contributed by atoms with Crippen LogP contribution in [0.5, 0.6) is 5.75 Å². The van der Waals surface area contributed by atoms with Gasteiger partial charge in [0, 0.05) is 19.2 Å². The van der Waals surface area contributed by atoms with Crippen molar-refractivity contribution in [3.63, 3.8) is 0 Å². The van der Waals surface area contributed by atoms with E-state index in [1.54, 1.807) is 13.4 Å². The Morgan fingerprint density at radius 2 is 1.67 bits per heavy atom. The van der Waals surface area contributed by atoms with Gasteiger partial charge in [0.1, 0.15) is 23.7 Å². The summed E-state index contributed by atoms with van der Waals surface area (Å²) in [5.74, 6) is 2.59. The number of ether oxygens (including phenoxy) is 1. The zero-order chi connectivity index (χ0) is 14.9. The van der Waals surface area contributed by atoms with Crippen LogP contribution in [0.4, 0.5) is 11.6 Å². The van der Waals surface area contributed by atoms with Crippen molar-refractivity contribution < 1.29 is 4.74 Å². The lowest BCUT2D eigenvalue weighted by molar-refractivity contribution is 0.414. The number of hydrogen-bond acceptors (Lipinski definition) is 5. The maximum atomic E-state index is 5.15. The topological polar surface area (TPSA) is 59.1 Å². The van der Waals surface area contributed by atoms with Gasteiger partial charge in [0.05, 0.1) is 7.11 Å². The molecule has 0 fully saturated rings. The predicted octanol–water partition coefficient (Wildman–Crippen LogP) is 2.96. The quantitative estimate of drug-likeness (QED) is 0.781. The minimum absolute atomic E-state index is 0.830. The van der Waals surface area contributed by atoms with E-state index in [1.165, 1.54) is 5.56 Å². The first-order valence-corrected chi connectivity index (χ1v) is 7.24. The molecule has 1 aromatic heterocycles. The standard InChI is InChI=1S/C16H22N4O/c1-3-9-17-15-11-16(20-12-19-15)18-10-8-13-4-6-14(21-2)7-5-13/h4-7,11-12H,3,8-10H2,1-2H3,(H2,17,18,19,20). The van der Waals surface area contributed by atoms with Crippen LogP contribution in [0.25, 0.3) is 0 Å². The Balaban J connectivity index is 1.82. The van der Waals surface area contributed by atoms with E-state index in [-0.39, 0.29) is 0 Å². The van der Waals surface area contributed by atoms with Crippen LogP contribution >= 0.6 is 0 Å². The van der Waals surface area contributed by atoms with Gasteiger partial charge in [-0.3, -0.25) is 0 Å². The number of anilines is 2. The number of nitrogens with zero attached hydrogens (tertiary/aromatic N) is 2. The van der Waals surface area contributed by atoms with Gasteiger partial charge in [-0.25, -0.2) is 9.97 Å². The van der Waals surface area contributed by atoms with E-state index in [9.17, 15) is 0 Å². The molecule has 0 radical (unpaired) electrons. The molecule has 0 spiro atoms. The van der Waals surface area contributed by atoms with Gasteiger partial charge in [0.15, 0.2) is 0 Å². The normalized spacial score (nSPS) is 10.2. The Bertz CT molecular complexity index is 542. The van der Waals surface area contributed by atoms with Crippen LogP contribution in [0.15, 0.2) is 36.7 Å². The third-order valence-corrected chi connectivity index (χ3v) is 3.10. The minimum atomic E-state index is 0.830. The van der Waals surface area contributed by atoms with Crippen molar-refractivity contribution >= 4 is 11.6 Å². The smallest absolute Gasteiger partial charge is 0.131 e. The van der Waals surface area contributed by atoms with Crippen LogP contribution in [0.1, 0.15) is 18.9 Å². The molecule has 1 aromatic carbocycles. The van der Waals surface area contributed by atoms with Crippen LogP contribution in [-0.4, -0.2) is 30.2 Å². The Morgan fingerprint density at radius 3 is 2.29 bits per heavy atom. The summed E-state index contributed by atoms with van der Waals surface area (Å²) in [6, 6.07) is 10.0. The van der Waals surface area contributed by atoms with E-state index in [4.69, 9.17) is 4.74 Å². The van der Waals surface area contributed by atoms with Gasteiger partial charge < -0.3 is 15.4 Å². The highest BCUT2D eigenvalue weighted by atomic mass is 16.5. The third kappa shape index (κ3) is 4.95. The Morgan fingerprint density at radius 1 is 1.00 bits per heavy atom. The summed E-state index contributed by atoms with van der Waals surface area (Å²) in [6.45, 7) is 3.88. The van der Waals surface area contributed by atoms with Crippen LogP contribution in [0, 0.1) is 0 Å². The van der Waals surface area contributed by atoms with Gasteiger partial charge in [0.25, 0.3) is 0 Å². The number of benzene rings is 1. The largest absolute Gasteiger partial charge is 0.497 e. The van der Waals surface area contributed by atoms with Crippen LogP contribution in [0.2, 0.25) is 0 Å². The van der Waals surface area contributed by atoms with E-state index in [0.717, 1.165) is 43.3 Å². The highest BCUT2D eigenvalue weighted by Gasteiger charge is 1.99. The molecule has 0 aliphatic carbocycles. The third-order valence-electron chi connectivity index (χ3n) is 3.10. The second kappa shape index (κ2) is 8.09. The summed E-state index contributed by atoms with van der Waals surface area (Å²) in [5.41, 5.74) is 1.27. The number of aromatic nitrogens is 2. The highest BCUT2D eigenvalue weighted by molar-refractivity contribution is 5.46. The molecule has 5 heteroatoms. The van der Waals surface area contributed by atoms with Crippen molar-refractivity contribution in [2.75, 3.05) is 30.8 Å². The number of methoxy groups -OCH3 is 1. The second-order valence-electron chi connectivity index (χ2n) is 4.74. The van der Waals surface area contributed by atoms with Crippen LogP contribution < -0.4 is 15.4 Å². The van der Waals surface area contributed by atoms with Gasteiger partial charge in [0.2, 0.25) is 0 Å². The number of rotatable bonds is 8. The zero-order valence-electron chi connectivity index (χ0n) is 12.6. The van der Waals surface area contributed by atoms with Crippen molar-refractivity contribution in [1.29, 1.82) is 0 Å². The monoisotopic (exact) mass is 286 g/mol. The van der Waals surface area contributed by atoms with Gasteiger partial charge in [-0.05, 0) is 30.5 Å². The van der Waals surface area contributed by atoms with Crippen molar-refractivity contribution in [2.45, 2.75) is 19.8 Å². The van der Waals surface area contributed by atoms with E-state index < -0.39 is 0 Å². The molecule has 0 aliphatic rings. The van der Waals surface area contributed by atoms with Gasteiger partial charge >= 0.3 is 0 Å². The molecule has 1 heterocycles. The van der Waals surface area contributed by atoms with Crippen molar-refractivity contribution in [3.8, 4) is 5.75 Å². The average molecular weight is 286 g/mol. The van der Waals surface area contributed by atoms with E-state index in [2.05, 4.69) is 39.7 Å². The van der Waals surface area contributed by atoms with Gasteiger partial charge in [-0.15, -0.1) is 0 Å². The fourth-order valence-corrected chi connectivity index (χ4v) is 1.93. The fourth-order valence-electron chi connectivity index (χ4n) is 1.93. The zero-order valence-corrected chi connectivity index (χ0v) is 12.6. The summed E-state index contributed by atoms with van der Waals surface area (Å²) in [6.07, 6.45) is 3.59. The molecule has 0 bridgehead atoms. The lowest BCUT2D eigenvalue weighted by Gasteiger charge is -2.08. The molecule has 0 unspecified atom stereocenters. The Hall–Kier alpha value is -2.30. The molecule has 21 heavy (non-hydrogen) atoms. The molecule has 112 valence electrons. The molecule has 0 saturated carbocycles. The Labute approximate surface area is 125 Å². The molecule has 2 rings (SSSR count). The Kier molecular flexibility index (Phi) is 5.82. The molecule has 0 saturated heterocycles. The van der Waals surface area contributed by atoms with Crippen molar-refractivity contribution in [3.05, 3.63) is 42.2 Å². The van der Waals surface area contributed by atoms with Crippen LogP contribution in [-0.2, 0) is 6.42 Å². The lowest BCUT2D eigenvalue weighted by atomic mass is 10.1. The summed E-state index contributed by atoms with van der Waals surface area (Å²) < 4.78 is 5.15. The average Bonchev–Trinajstić information content (AvgIpc) is 2.54. The van der Waals surface area contributed by atoms with E-state index in [0.29, 0.717) is 0 Å². The molecule has 2 N–H and O–H groups in total. The molecular weight excluding hydrogens is 264 g/mol. The molecule has 5 nitrogen and oxygen atoms in total. The first-order valence-electron chi connectivity index (χ1n) is 7.24. The van der Waals surface area contributed by atoms with Gasteiger partial charge in [-0.1, -0.05) is 19.1 Å². The summed E-state index contributed by atoms with van der Waals surface area (Å²) in [7, 11) is 1.68. The predicted molar refractivity (Wildman–Crippen MR) is 86.0 cm³/mol. The summed E-state index contributed by atoms with van der Waals surface area (Å²) in [5, 5.41) is 6.57. The molecular formula is C16H22N4O. The molecule has 0 aliphatic heterocycles. The van der Waals surface area contributed by atoms with Crippen molar-refractivity contribution in [2.24, 2.45) is 0 Å². The van der Waals surface area contributed by atoms with Crippen molar-refractivity contribution in [1.82, 2.24) is 9.97 Å². The van der Waals surface area contributed by atoms with E-state index >= 15 is 0 Å². The molecule has 0 amide bonds. The second-order valence-corrected chi connectivity index (χ2v) is 4.74. The minimum Gasteiger partial charge on any atom is -0.497 e. The summed E-state index contributed by atoms with van der Waals surface area (Å²) in [4.78, 5) is 8.41. The highest BCUT2D eigenvalue weighted by Crippen LogP contribution is 2.12. The first kappa shape index (κ1) is 15.1. The number of hydrogen-bond donors (Lipinski definition) is 2. The lowest BCUT2D eigenvalue weighted by Crippen LogP contribution is -2.08. The van der Waals surface area contributed by atoms with Gasteiger partial charge in [-0.2, -0.15) is 0 Å². The van der Waals surface area contributed by atoms with Crippen LogP contribution in [0.3, 0.4) is 0 Å². The maximum Gasteiger partial charge on any atom is 0.131 e. The SMILES string of the molecule is CCCNc1cc(NCCc2ccc(OC)cc2)ncn1.